The van der Waals surface area contributed by atoms with Gasteiger partial charge >= 0.3 is 20.1 Å². The van der Waals surface area contributed by atoms with E-state index in [1.54, 1.807) is 6.20 Å². The minimum Gasteiger partial charge on any atom is -0.314 e. The van der Waals surface area contributed by atoms with E-state index < -0.39 is 0 Å². The maximum atomic E-state index is 4.22. The van der Waals surface area contributed by atoms with Gasteiger partial charge in [0.15, 0.2) is 0 Å². The van der Waals surface area contributed by atoms with Crippen LogP contribution in [-0.4, -0.2) is 9.55 Å². The standard InChI is InChI=1S/C28H29N2.C11H8N.Ir/c1-18(2)20-14-21(19(3)4)16-22(15-20)29-17-30-25-12-8-7-10-23(25)28(5,6)24-11-9-13-26(29)27(24)30;1-2-6-10(7-3-1)11-8-4-5-9-12-11;/h7-11,13-16,18-19H,1-6H3;1-6,8-9H;/q2*-1;+3. The van der Waals surface area contributed by atoms with Gasteiger partial charge in [-0.1, -0.05) is 77.9 Å². The Balaban J connectivity index is 0.000000238. The van der Waals surface area contributed by atoms with Gasteiger partial charge < -0.3 is 9.55 Å². The molecule has 7 rings (SSSR count). The fourth-order valence-electron chi connectivity index (χ4n) is 5.81. The Labute approximate surface area is 269 Å². The van der Waals surface area contributed by atoms with E-state index in [9.17, 15) is 0 Å². The SMILES string of the molecule is CC(C)c1cc(C(C)C)cc(-n2[c-][n+]3c4c(cccc42)C(C)(C)c2ccc[c-]c2-3)c1.[Ir+3].[c-]1ccccc1-c1ccccn1. The summed E-state index contributed by atoms with van der Waals surface area (Å²) in [6, 6.07) is 40.3. The molecule has 1 aliphatic heterocycles. The summed E-state index contributed by atoms with van der Waals surface area (Å²) >= 11 is 0. The van der Waals surface area contributed by atoms with Gasteiger partial charge in [0.1, 0.15) is 0 Å². The van der Waals surface area contributed by atoms with E-state index in [4.69, 9.17) is 0 Å². The molecule has 3 heterocycles. The fraction of sp³-hybridized carbons (Fsp3) is 0.231. The first-order valence-electron chi connectivity index (χ1n) is 14.8. The Hall–Kier alpha value is -3.85. The predicted molar refractivity (Wildman–Crippen MR) is 171 cm³/mol. The largest absolute Gasteiger partial charge is 3.00 e. The van der Waals surface area contributed by atoms with Crippen LogP contribution in [0, 0.1) is 18.5 Å². The predicted octanol–water partition coefficient (Wildman–Crippen LogP) is 8.94. The molecule has 0 spiro atoms. The maximum absolute atomic E-state index is 4.22. The topological polar surface area (TPSA) is 21.7 Å². The number of hydrogen-bond donors (Lipinski definition) is 0. The van der Waals surface area contributed by atoms with E-state index in [0.717, 1.165) is 16.9 Å². The molecule has 4 heteroatoms. The van der Waals surface area contributed by atoms with Gasteiger partial charge in [0.2, 0.25) is 0 Å². The number of aromatic nitrogens is 3. The van der Waals surface area contributed by atoms with Gasteiger partial charge in [-0.15, -0.1) is 41.5 Å². The van der Waals surface area contributed by atoms with Gasteiger partial charge in [-0.05, 0) is 63.5 Å². The van der Waals surface area contributed by atoms with E-state index in [1.807, 2.05) is 48.5 Å². The van der Waals surface area contributed by atoms with Crippen LogP contribution in [0.5, 0.6) is 0 Å². The number of benzene rings is 4. The average Bonchev–Trinajstić information content (AvgIpc) is 3.41. The molecule has 4 aromatic carbocycles. The summed E-state index contributed by atoms with van der Waals surface area (Å²) in [7, 11) is 0. The third kappa shape index (κ3) is 5.75. The van der Waals surface area contributed by atoms with Crippen LogP contribution in [-0.2, 0) is 25.5 Å². The molecule has 0 aliphatic carbocycles. The second kappa shape index (κ2) is 12.4. The van der Waals surface area contributed by atoms with Crippen molar-refractivity contribution in [2.75, 3.05) is 0 Å². The first kappa shape index (κ1) is 30.6. The smallest absolute Gasteiger partial charge is 0.314 e. The Morgan fingerprint density at radius 2 is 1.44 bits per heavy atom. The summed E-state index contributed by atoms with van der Waals surface area (Å²) in [4.78, 5) is 4.22. The van der Waals surface area contributed by atoms with Crippen LogP contribution in [0.4, 0.5) is 0 Å². The molecule has 2 aromatic heterocycles. The van der Waals surface area contributed by atoms with Crippen molar-refractivity contribution in [3.8, 4) is 22.6 Å². The van der Waals surface area contributed by atoms with Crippen LogP contribution in [0.25, 0.3) is 33.7 Å². The van der Waals surface area contributed by atoms with Gasteiger partial charge in [-0.3, -0.25) is 4.57 Å². The average molecular weight is 740 g/mol. The Morgan fingerprint density at radius 3 is 2.09 bits per heavy atom. The molecule has 0 saturated heterocycles. The zero-order valence-corrected chi connectivity index (χ0v) is 28.0. The van der Waals surface area contributed by atoms with Gasteiger partial charge in [0.05, 0.1) is 16.7 Å². The van der Waals surface area contributed by atoms with E-state index in [1.165, 1.54) is 39.0 Å². The third-order valence-corrected chi connectivity index (χ3v) is 8.29. The molecule has 0 atom stereocenters. The first-order chi connectivity index (χ1) is 20.3. The molecule has 3 nitrogen and oxygen atoms in total. The van der Waals surface area contributed by atoms with Crippen molar-refractivity contribution in [3.63, 3.8) is 0 Å². The monoisotopic (exact) mass is 740 g/mol. The van der Waals surface area contributed by atoms with Crippen LogP contribution >= 0.6 is 0 Å². The number of fused-ring (bicyclic) bond motifs is 2. The summed E-state index contributed by atoms with van der Waals surface area (Å²) in [6.45, 7) is 13.7. The number of imidazole rings is 1. The van der Waals surface area contributed by atoms with Crippen molar-refractivity contribution in [2.24, 2.45) is 0 Å². The molecule has 216 valence electrons. The van der Waals surface area contributed by atoms with Gasteiger partial charge in [-0.2, -0.15) is 24.3 Å². The number of rotatable bonds is 4. The Morgan fingerprint density at radius 1 is 0.744 bits per heavy atom. The summed E-state index contributed by atoms with van der Waals surface area (Å²) < 4.78 is 4.45. The van der Waals surface area contributed by atoms with Crippen LogP contribution < -0.4 is 4.57 Å². The van der Waals surface area contributed by atoms with Crippen molar-refractivity contribution >= 4 is 11.0 Å². The fourth-order valence-corrected chi connectivity index (χ4v) is 5.81. The molecule has 0 unspecified atom stereocenters. The zero-order chi connectivity index (χ0) is 29.4. The summed E-state index contributed by atoms with van der Waals surface area (Å²) in [5, 5.41) is 0. The van der Waals surface area contributed by atoms with Crippen molar-refractivity contribution in [1.29, 1.82) is 0 Å². The minimum absolute atomic E-state index is 0. The third-order valence-electron chi connectivity index (χ3n) is 8.29. The molecule has 0 saturated carbocycles. The van der Waals surface area contributed by atoms with Crippen molar-refractivity contribution in [3.05, 3.63) is 144 Å². The zero-order valence-electron chi connectivity index (χ0n) is 25.6. The van der Waals surface area contributed by atoms with E-state index in [0.29, 0.717) is 11.8 Å². The number of pyridine rings is 1. The Bertz CT molecular complexity index is 1790. The van der Waals surface area contributed by atoms with Crippen LogP contribution in [0.1, 0.15) is 75.6 Å². The first-order valence-corrected chi connectivity index (χ1v) is 14.8. The van der Waals surface area contributed by atoms with Gasteiger partial charge in [-0.25, -0.2) is 0 Å². The van der Waals surface area contributed by atoms with Crippen LogP contribution in [0.15, 0.2) is 103 Å². The molecule has 0 radical (unpaired) electrons. The van der Waals surface area contributed by atoms with E-state index in [-0.39, 0.29) is 25.5 Å². The van der Waals surface area contributed by atoms with Crippen LogP contribution in [0.3, 0.4) is 0 Å². The molecule has 0 bridgehead atoms. The number of nitrogens with zero attached hydrogens (tertiary/aromatic N) is 3. The summed E-state index contributed by atoms with van der Waals surface area (Å²) in [6.07, 6.45) is 5.46. The van der Waals surface area contributed by atoms with Crippen molar-refractivity contribution < 1.29 is 24.7 Å². The minimum atomic E-state index is -0.0739. The normalized spacial score (nSPS) is 12.8. The van der Waals surface area contributed by atoms with Crippen molar-refractivity contribution in [2.45, 2.75) is 58.8 Å². The van der Waals surface area contributed by atoms with Gasteiger partial charge in [0, 0.05) is 6.20 Å². The molecule has 43 heavy (non-hydrogen) atoms. The summed E-state index contributed by atoms with van der Waals surface area (Å²) in [5.74, 6) is 0.964. The second-order valence-corrected chi connectivity index (χ2v) is 12.2. The molecule has 6 aromatic rings. The molecular formula is C39H37IrN3+. The van der Waals surface area contributed by atoms with Crippen LogP contribution in [0.2, 0.25) is 0 Å². The maximum Gasteiger partial charge on any atom is 3.00 e. The summed E-state index contributed by atoms with van der Waals surface area (Å²) in [5.41, 5.74) is 12.0. The molecular weight excluding hydrogens is 703 g/mol. The molecule has 1 aliphatic rings. The van der Waals surface area contributed by atoms with E-state index in [2.05, 4.69) is 123 Å². The number of hydrogen-bond acceptors (Lipinski definition) is 1. The molecule has 0 amide bonds. The molecule has 0 N–H and O–H groups in total. The second-order valence-electron chi connectivity index (χ2n) is 12.2. The van der Waals surface area contributed by atoms with Crippen molar-refractivity contribution in [1.82, 2.24) is 9.55 Å². The van der Waals surface area contributed by atoms with Gasteiger partial charge in [0.25, 0.3) is 6.33 Å². The quantitative estimate of drug-likeness (QED) is 0.131. The number of para-hydroxylation sites is 2. The Kier molecular flexibility index (Phi) is 8.83. The molecule has 0 fully saturated rings. The van der Waals surface area contributed by atoms with E-state index >= 15 is 0 Å².